The fraction of sp³-hybridized carbons (Fsp3) is 1.00. The highest BCUT2D eigenvalue weighted by Gasteiger charge is 2.04. The molecule has 0 radical (unpaired) electrons. The second-order valence-corrected chi connectivity index (χ2v) is 7.61. The third kappa shape index (κ3) is 14.2. The average molecular weight is 292 g/mol. The van der Waals surface area contributed by atoms with Gasteiger partial charge >= 0.3 is 0 Å². The number of thioether (sulfide) groups is 1. The lowest BCUT2D eigenvalue weighted by molar-refractivity contribution is 0.479. The van der Waals surface area contributed by atoms with Crippen molar-refractivity contribution in [2.45, 2.75) is 19.3 Å². The summed E-state index contributed by atoms with van der Waals surface area (Å²) in [4.78, 5) is 0. The maximum Gasteiger partial charge on any atom is 0.264 e. The molecule has 0 rings (SSSR count). The molecule has 0 bridgehead atoms. The largest absolute Gasteiger partial charge is 0.286 e. The molecule has 2 N–H and O–H groups in total. The minimum Gasteiger partial charge on any atom is -0.286 e. The fourth-order valence-electron chi connectivity index (χ4n) is 0.934. The van der Waals surface area contributed by atoms with Gasteiger partial charge in [0, 0.05) is 0 Å². The van der Waals surface area contributed by atoms with Crippen molar-refractivity contribution in [1.82, 2.24) is 0 Å². The first-order chi connectivity index (χ1) is 7.21. The highest BCUT2D eigenvalue weighted by molar-refractivity contribution is 7.99. The molecule has 6 nitrogen and oxygen atoms in total. The van der Waals surface area contributed by atoms with Gasteiger partial charge in [0.2, 0.25) is 0 Å². The Morgan fingerprint density at radius 1 is 0.750 bits per heavy atom. The first-order valence-corrected chi connectivity index (χ1v) is 9.06. The Labute approximate surface area is 100 Å². The molecule has 0 spiro atoms. The molecule has 0 amide bonds. The number of rotatable bonds is 9. The van der Waals surface area contributed by atoms with Gasteiger partial charge in [0.05, 0.1) is 11.5 Å². The van der Waals surface area contributed by atoms with Crippen molar-refractivity contribution in [3.8, 4) is 0 Å². The second-order valence-electron chi connectivity index (χ2n) is 3.25. The molecule has 0 atom stereocenters. The van der Waals surface area contributed by atoms with E-state index in [0.29, 0.717) is 30.8 Å². The normalized spacial score (nSPS) is 12.9. The van der Waals surface area contributed by atoms with Crippen LogP contribution in [0.4, 0.5) is 0 Å². The van der Waals surface area contributed by atoms with Crippen molar-refractivity contribution < 1.29 is 25.9 Å². The number of unbranched alkanes of at least 4 members (excludes halogenated alkanes) is 1. The second kappa shape index (κ2) is 7.49. The summed E-state index contributed by atoms with van der Waals surface area (Å²) in [6, 6.07) is 0. The highest BCUT2D eigenvalue weighted by Crippen LogP contribution is 2.07. The van der Waals surface area contributed by atoms with Crippen molar-refractivity contribution >= 4 is 32.0 Å². The van der Waals surface area contributed by atoms with Crippen LogP contribution in [0.3, 0.4) is 0 Å². The lowest BCUT2D eigenvalue weighted by Crippen LogP contribution is -2.05. The van der Waals surface area contributed by atoms with Gasteiger partial charge in [0.15, 0.2) is 0 Å². The Bertz CT molecular complexity index is 333. The maximum atomic E-state index is 10.3. The molecule has 0 aliphatic rings. The van der Waals surface area contributed by atoms with Crippen molar-refractivity contribution in [3.63, 3.8) is 0 Å². The molecule has 0 saturated carbocycles. The lowest BCUT2D eigenvalue weighted by Gasteiger charge is -2.00. The summed E-state index contributed by atoms with van der Waals surface area (Å²) in [5.74, 6) is 0.830. The minimum absolute atomic E-state index is 0.238. The van der Waals surface area contributed by atoms with E-state index in [1.54, 1.807) is 0 Å². The summed E-state index contributed by atoms with van der Waals surface area (Å²) in [6.45, 7) is 0. The molecule has 0 aliphatic carbocycles. The van der Waals surface area contributed by atoms with E-state index in [1.165, 1.54) is 11.8 Å². The lowest BCUT2D eigenvalue weighted by atomic mass is 10.4. The molecule has 0 heterocycles. The molecule has 0 aromatic carbocycles. The molecule has 0 aromatic heterocycles. The van der Waals surface area contributed by atoms with Gasteiger partial charge in [-0.15, -0.1) is 0 Å². The van der Waals surface area contributed by atoms with Crippen LogP contribution in [0.25, 0.3) is 0 Å². The van der Waals surface area contributed by atoms with Crippen LogP contribution in [0.2, 0.25) is 0 Å². The standard InChI is InChI=1S/C7H16O6S3/c8-15(9,10)6-2-1-4-14-5-3-7-16(11,12)13/h1-7H2,(H,8,9,10)(H,11,12,13). The molecule has 0 aromatic rings. The molecule has 98 valence electrons. The van der Waals surface area contributed by atoms with Crippen LogP contribution < -0.4 is 0 Å². The molecule has 0 unspecified atom stereocenters. The van der Waals surface area contributed by atoms with Crippen LogP contribution in [0.5, 0.6) is 0 Å². The van der Waals surface area contributed by atoms with E-state index in [0.717, 1.165) is 0 Å². The van der Waals surface area contributed by atoms with Gasteiger partial charge in [-0.3, -0.25) is 9.11 Å². The van der Waals surface area contributed by atoms with Gasteiger partial charge in [0.25, 0.3) is 20.2 Å². The third-order valence-electron chi connectivity index (χ3n) is 1.63. The maximum absolute atomic E-state index is 10.3. The summed E-state index contributed by atoms with van der Waals surface area (Å²) >= 11 is 1.49. The van der Waals surface area contributed by atoms with Crippen molar-refractivity contribution in [1.29, 1.82) is 0 Å². The van der Waals surface area contributed by atoms with Crippen LogP contribution in [-0.2, 0) is 20.2 Å². The van der Waals surface area contributed by atoms with E-state index in [2.05, 4.69) is 0 Å². The van der Waals surface area contributed by atoms with Gasteiger partial charge in [-0.05, 0) is 30.8 Å². The molecule has 0 saturated heterocycles. The zero-order valence-corrected chi connectivity index (χ0v) is 11.2. The summed E-state index contributed by atoms with van der Waals surface area (Å²) in [5, 5.41) is 0. The average Bonchev–Trinajstić information content (AvgIpc) is 2.06. The SMILES string of the molecule is O=S(=O)(O)CCCCSCCCS(=O)(=O)O. The van der Waals surface area contributed by atoms with Crippen molar-refractivity contribution in [2.75, 3.05) is 23.0 Å². The monoisotopic (exact) mass is 292 g/mol. The van der Waals surface area contributed by atoms with Crippen LogP contribution in [0, 0.1) is 0 Å². The molecule has 0 aliphatic heterocycles. The van der Waals surface area contributed by atoms with Crippen molar-refractivity contribution in [3.05, 3.63) is 0 Å². The van der Waals surface area contributed by atoms with Gasteiger partial charge in [-0.1, -0.05) is 0 Å². The van der Waals surface area contributed by atoms with Crippen LogP contribution in [0.15, 0.2) is 0 Å². The smallest absolute Gasteiger partial charge is 0.264 e. The van der Waals surface area contributed by atoms with Gasteiger partial charge in [0.1, 0.15) is 0 Å². The van der Waals surface area contributed by atoms with Gasteiger partial charge < -0.3 is 0 Å². The van der Waals surface area contributed by atoms with Crippen LogP contribution in [0.1, 0.15) is 19.3 Å². The predicted octanol–water partition coefficient (Wildman–Crippen LogP) is 0.666. The van der Waals surface area contributed by atoms with Crippen molar-refractivity contribution in [2.24, 2.45) is 0 Å². The van der Waals surface area contributed by atoms with E-state index >= 15 is 0 Å². The summed E-state index contributed by atoms with van der Waals surface area (Å²) in [5.41, 5.74) is 0. The highest BCUT2D eigenvalue weighted by atomic mass is 32.2. The van der Waals surface area contributed by atoms with E-state index in [9.17, 15) is 16.8 Å². The Morgan fingerprint density at radius 3 is 1.69 bits per heavy atom. The Kier molecular flexibility index (Phi) is 7.57. The number of hydrogen-bond acceptors (Lipinski definition) is 5. The molecule has 0 fully saturated rings. The minimum atomic E-state index is -3.87. The predicted molar refractivity (Wildman–Crippen MR) is 64.0 cm³/mol. The molecular weight excluding hydrogens is 276 g/mol. The molecule has 16 heavy (non-hydrogen) atoms. The quantitative estimate of drug-likeness (QED) is 0.474. The Morgan fingerprint density at radius 2 is 1.19 bits per heavy atom. The Hall–Kier alpha value is 0.170. The van der Waals surface area contributed by atoms with E-state index in [-0.39, 0.29) is 11.5 Å². The van der Waals surface area contributed by atoms with Crippen LogP contribution >= 0.6 is 11.8 Å². The first-order valence-electron chi connectivity index (χ1n) is 4.69. The van der Waals surface area contributed by atoms with Gasteiger partial charge in [-0.25, -0.2) is 0 Å². The topological polar surface area (TPSA) is 109 Å². The van der Waals surface area contributed by atoms with E-state index < -0.39 is 20.2 Å². The van der Waals surface area contributed by atoms with E-state index in [4.69, 9.17) is 9.11 Å². The summed E-state index contributed by atoms with van der Waals surface area (Å²) in [6.07, 6.45) is 1.42. The molecular formula is C7H16O6S3. The summed E-state index contributed by atoms with van der Waals surface area (Å²) < 4.78 is 58.2. The van der Waals surface area contributed by atoms with Gasteiger partial charge in [-0.2, -0.15) is 28.6 Å². The van der Waals surface area contributed by atoms with Crippen LogP contribution in [-0.4, -0.2) is 49.0 Å². The zero-order chi connectivity index (χ0) is 12.7. The molecule has 9 heteroatoms. The zero-order valence-electron chi connectivity index (χ0n) is 8.70. The van der Waals surface area contributed by atoms with E-state index in [1.807, 2.05) is 0 Å². The number of hydrogen-bond donors (Lipinski definition) is 2. The third-order valence-corrected chi connectivity index (χ3v) is 4.40. The fourth-order valence-corrected chi connectivity index (χ4v) is 3.16. The first kappa shape index (κ1) is 16.2. The summed E-state index contributed by atoms with van der Waals surface area (Å²) in [7, 11) is -7.73. The Balaban J connectivity index is 3.29.